The van der Waals surface area contributed by atoms with Crippen LogP contribution in [-0.4, -0.2) is 30.5 Å². The second-order valence-corrected chi connectivity index (χ2v) is 5.43. The maximum Gasteiger partial charge on any atom is 0.303 e. The number of hydrogen-bond acceptors (Lipinski definition) is 5. The van der Waals surface area contributed by atoms with E-state index in [2.05, 4.69) is 5.16 Å². The first-order chi connectivity index (χ1) is 10.7. The van der Waals surface area contributed by atoms with Gasteiger partial charge in [0.1, 0.15) is 18.1 Å². The average molecular weight is 319 g/mol. The summed E-state index contributed by atoms with van der Waals surface area (Å²) in [4.78, 5) is 16.7. The highest BCUT2D eigenvalue weighted by atomic mass is 32.1. The summed E-state index contributed by atoms with van der Waals surface area (Å²) in [5.41, 5.74) is 1.60. The average Bonchev–Trinajstić information content (AvgIpc) is 3.04. The quantitative estimate of drug-likeness (QED) is 0.460. The largest absolute Gasteiger partial charge is 0.497 e. The summed E-state index contributed by atoms with van der Waals surface area (Å²) in [5, 5.41) is 14.8. The first kappa shape index (κ1) is 16.0. The minimum absolute atomic E-state index is 0.0724. The lowest BCUT2D eigenvalue weighted by molar-refractivity contribution is -0.137. The van der Waals surface area contributed by atoms with Crippen LogP contribution in [0, 0.1) is 0 Å². The Morgan fingerprint density at radius 3 is 2.86 bits per heavy atom. The zero-order chi connectivity index (χ0) is 15.8. The topological polar surface area (TPSA) is 68.1 Å². The van der Waals surface area contributed by atoms with Gasteiger partial charge in [0, 0.05) is 12.0 Å². The SMILES string of the molecule is COc1cccc(/C(=N/OCCCC(=O)O)c2cccs2)c1. The number of thiophene rings is 1. The van der Waals surface area contributed by atoms with Crippen LogP contribution in [0.3, 0.4) is 0 Å². The molecule has 116 valence electrons. The van der Waals surface area contributed by atoms with E-state index in [4.69, 9.17) is 14.7 Å². The van der Waals surface area contributed by atoms with Crippen LogP contribution >= 0.6 is 11.3 Å². The van der Waals surface area contributed by atoms with Gasteiger partial charge in [-0.25, -0.2) is 0 Å². The number of carboxylic acid groups (broad SMARTS) is 1. The normalized spacial score (nSPS) is 11.2. The number of rotatable bonds is 8. The molecule has 2 aromatic rings. The summed E-state index contributed by atoms with van der Waals surface area (Å²) in [7, 11) is 1.61. The van der Waals surface area contributed by atoms with Gasteiger partial charge in [0.15, 0.2) is 0 Å². The van der Waals surface area contributed by atoms with E-state index < -0.39 is 5.97 Å². The van der Waals surface area contributed by atoms with Gasteiger partial charge in [-0.1, -0.05) is 23.4 Å². The van der Waals surface area contributed by atoms with Crippen LogP contribution in [0.1, 0.15) is 23.3 Å². The van der Waals surface area contributed by atoms with Crippen molar-refractivity contribution in [1.29, 1.82) is 0 Å². The molecule has 2 rings (SSSR count). The third-order valence-electron chi connectivity index (χ3n) is 2.88. The molecule has 0 radical (unpaired) electrons. The van der Waals surface area contributed by atoms with E-state index in [1.54, 1.807) is 18.4 Å². The molecule has 6 heteroatoms. The monoisotopic (exact) mass is 319 g/mol. The van der Waals surface area contributed by atoms with E-state index in [1.807, 2.05) is 41.8 Å². The highest BCUT2D eigenvalue weighted by Gasteiger charge is 2.10. The molecule has 1 aromatic heterocycles. The standard InChI is InChI=1S/C16H17NO4S/c1-20-13-6-2-5-12(11-13)16(14-7-4-10-22-14)17-21-9-3-8-15(18)19/h2,4-7,10-11H,3,8-9H2,1H3,(H,18,19)/b17-16-. The Morgan fingerprint density at radius 2 is 2.18 bits per heavy atom. The summed E-state index contributed by atoms with van der Waals surface area (Å²) in [6.45, 7) is 0.269. The number of hydrogen-bond donors (Lipinski definition) is 1. The van der Waals surface area contributed by atoms with Crippen molar-refractivity contribution >= 4 is 23.0 Å². The fourth-order valence-electron chi connectivity index (χ4n) is 1.82. The molecule has 0 saturated carbocycles. The van der Waals surface area contributed by atoms with E-state index in [0.717, 1.165) is 16.2 Å². The molecule has 0 atom stereocenters. The zero-order valence-corrected chi connectivity index (χ0v) is 13.0. The smallest absolute Gasteiger partial charge is 0.303 e. The molecule has 0 aliphatic heterocycles. The maximum atomic E-state index is 10.5. The van der Waals surface area contributed by atoms with Crippen molar-refractivity contribution in [2.24, 2.45) is 5.16 Å². The molecule has 0 fully saturated rings. The summed E-state index contributed by atoms with van der Waals surface area (Å²) >= 11 is 1.56. The van der Waals surface area contributed by atoms with Crippen molar-refractivity contribution < 1.29 is 19.5 Å². The molecular weight excluding hydrogens is 302 g/mol. The summed E-state index contributed by atoms with van der Waals surface area (Å²) in [5.74, 6) is -0.0912. The Bertz CT molecular complexity index is 637. The fourth-order valence-corrected chi connectivity index (χ4v) is 2.55. The van der Waals surface area contributed by atoms with Crippen molar-refractivity contribution in [2.45, 2.75) is 12.8 Å². The van der Waals surface area contributed by atoms with E-state index in [9.17, 15) is 4.79 Å². The molecule has 1 heterocycles. The van der Waals surface area contributed by atoms with Crippen molar-refractivity contribution in [3.63, 3.8) is 0 Å². The second kappa shape index (κ2) is 8.19. The Morgan fingerprint density at radius 1 is 1.32 bits per heavy atom. The highest BCUT2D eigenvalue weighted by Crippen LogP contribution is 2.20. The highest BCUT2D eigenvalue weighted by molar-refractivity contribution is 7.12. The Labute approximate surface area is 132 Å². The van der Waals surface area contributed by atoms with E-state index in [1.165, 1.54) is 0 Å². The number of methoxy groups -OCH3 is 1. The van der Waals surface area contributed by atoms with Gasteiger partial charge in [-0.15, -0.1) is 11.3 Å². The van der Waals surface area contributed by atoms with Crippen molar-refractivity contribution in [1.82, 2.24) is 0 Å². The molecule has 0 unspecified atom stereocenters. The molecule has 0 bridgehead atoms. The predicted molar refractivity (Wildman–Crippen MR) is 85.8 cm³/mol. The van der Waals surface area contributed by atoms with Gasteiger partial charge < -0.3 is 14.7 Å². The second-order valence-electron chi connectivity index (χ2n) is 4.48. The lowest BCUT2D eigenvalue weighted by atomic mass is 10.1. The number of benzene rings is 1. The van der Waals surface area contributed by atoms with Crippen molar-refractivity contribution in [3.8, 4) is 5.75 Å². The first-order valence-electron chi connectivity index (χ1n) is 6.81. The number of aliphatic carboxylic acids is 1. The van der Waals surface area contributed by atoms with Gasteiger partial charge in [-0.2, -0.15) is 0 Å². The molecule has 0 aliphatic rings. The molecule has 0 amide bonds. The van der Waals surface area contributed by atoms with Crippen LogP contribution in [-0.2, 0) is 9.63 Å². The molecule has 1 N–H and O–H groups in total. The Kier molecular flexibility index (Phi) is 5.97. The maximum absolute atomic E-state index is 10.5. The minimum atomic E-state index is -0.834. The molecule has 0 spiro atoms. The van der Waals surface area contributed by atoms with Gasteiger partial charge >= 0.3 is 5.97 Å². The van der Waals surface area contributed by atoms with Gasteiger partial charge in [0.25, 0.3) is 0 Å². The predicted octanol–water partition coefficient (Wildman–Crippen LogP) is 3.39. The van der Waals surface area contributed by atoms with Gasteiger partial charge in [-0.05, 0) is 30.0 Å². The molecular formula is C16H17NO4S. The summed E-state index contributed by atoms with van der Waals surface area (Å²) in [6.07, 6.45) is 0.498. The van der Waals surface area contributed by atoms with E-state index in [-0.39, 0.29) is 13.0 Å². The third kappa shape index (κ3) is 4.60. The minimum Gasteiger partial charge on any atom is -0.497 e. The summed E-state index contributed by atoms with van der Waals surface area (Å²) < 4.78 is 5.23. The Hall–Kier alpha value is -2.34. The van der Waals surface area contributed by atoms with E-state index >= 15 is 0 Å². The van der Waals surface area contributed by atoms with Crippen molar-refractivity contribution in [2.75, 3.05) is 13.7 Å². The van der Waals surface area contributed by atoms with Gasteiger partial charge in [-0.3, -0.25) is 4.79 Å². The lowest BCUT2D eigenvalue weighted by Gasteiger charge is -2.07. The molecule has 22 heavy (non-hydrogen) atoms. The number of oxime groups is 1. The lowest BCUT2D eigenvalue weighted by Crippen LogP contribution is -2.04. The van der Waals surface area contributed by atoms with Crippen LogP contribution in [0.2, 0.25) is 0 Å². The number of nitrogens with zero attached hydrogens (tertiary/aromatic N) is 1. The van der Waals surface area contributed by atoms with Crippen LogP contribution in [0.25, 0.3) is 0 Å². The van der Waals surface area contributed by atoms with Crippen LogP contribution in [0.15, 0.2) is 46.9 Å². The first-order valence-corrected chi connectivity index (χ1v) is 7.68. The molecule has 0 saturated heterocycles. The molecule has 1 aromatic carbocycles. The molecule has 0 aliphatic carbocycles. The van der Waals surface area contributed by atoms with Crippen LogP contribution < -0.4 is 4.74 Å². The number of carbonyl (C=O) groups is 1. The van der Waals surface area contributed by atoms with Crippen molar-refractivity contribution in [3.05, 3.63) is 52.2 Å². The number of ether oxygens (including phenoxy) is 1. The Balaban J connectivity index is 2.14. The van der Waals surface area contributed by atoms with Gasteiger partial charge in [0.2, 0.25) is 0 Å². The van der Waals surface area contributed by atoms with Crippen LogP contribution in [0.5, 0.6) is 5.75 Å². The number of carboxylic acids is 1. The fraction of sp³-hybridized carbons (Fsp3) is 0.250. The zero-order valence-electron chi connectivity index (χ0n) is 12.2. The van der Waals surface area contributed by atoms with E-state index in [0.29, 0.717) is 12.1 Å². The van der Waals surface area contributed by atoms with Crippen LogP contribution in [0.4, 0.5) is 0 Å². The molecule has 5 nitrogen and oxygen atoms in total. The summed E-state index contributed by atoms with van der Waals surface area (Å²) in [6, 6.07) is 11.5. The third-order valence-corrected chi connectivity index (χ3v) is 3.76. The van der Waals surface area contributed by atoms with Gasteiger partial charge in [0.05, 0.1) is 12.0 Å².